The molecule has 1 N–H and O–H groups in total. The van der Waals surface area contributed by atoms with Crippen molar-refractivity contribution in [2.75, 3.05) is 0 Å². The van der Waals surface area contributed by atoms with E-state index < -0.39 is 28.6 Å². The first-order valence-electron chi connectivity index (χ1n) is 4.60. The molecule has 0 aliphatic heterocycles. The van der Waals surface area contributed by atoms with Crippen LogP contribution in [0.15, 0.2) is 18.2 Å². The summed E-state index contributed by atoms with van der Waals surface area (Å²) < 4.78 is 26.0. The highest BCUT2D eigenvalue weighted by molar-refractivity contribution is 6.02. The molecule has 0 amide bonds. The van der Waals surface area contributed by atoms with Gasteiger partial charge in [0.15, 0.2) is 5.78 Å². The zero-order chi connectivity index (χ0) is 11.6. The van der Waals surface area contributed by atoms with Crippen molar-refractivity contribution in [1.29, 1.82) is 0 Å². The molecule has 1 aromatic rings. The smallest absolute Gasteiger partial charge is 0.197 e. The maximum absolute atomic E-state index is 13.2. The lowest BCUT2D eigenvalue weighted by molar-refractivity contribution is 0.0386. The van der Waals surface area contributed by atoms with Crippen LogP contribution in [0.3, 0.4) is 0 Å². The molecule has 15 heavy (non-hydrogen) atoms. The van der Waals surface area contributed by atoms with Crippen LogP contribution in [0.1, 0.15) is 30.6 Å². The van der Waals surface area contributed by atoms with Crippen molar-refractivity contribution < 1.29 is 18.7 Å². The highest BCUT2D eigenvalue weighted by Gasteiger charge is 2.31. The first-order chi connectivity index (χ1) is 6.88. The third kappa shape index (κ3) is 2.39. The summed E-state index contributed by atoms with van der Waals surface area (Å²) in [7, 11) is 0. The predicted octanol–water partition coefficient (Wildman–Crippen LogP) is 2.31. The number of rotatable bonds is 3. The fourth-order valence-electron chi connectivity index (χ4n) is 1.12. The highest BCUT2D eigenvalue weighted by Crippen LogP contribution is 2.19. The van der Waals surface area contributed by atoms with Gasteiger partial charge in [0.25, 0.3) is 0 Å². The summed E-state index contributed by atoms with van der Waals surface area (Å²) in [6, 6.07) is 2.59. The first-order valence-corrected chi connectivity index (χ1v) is 4.60. The lowest BCUT2D eigenvalue weighted by Gasteiger charge is -2.19. The molecule has 0 aliphatic rings. The molecule has 1 atom stereocenters. The summed E-state index contributed by atoms with van der Waals surface area (Å²) in [5.74, 6) is -2.33. The molecule has 1 unspecified atom stereocenters. The number of ketones is 1. The second-order valence-corrected chi connectivity index (χ2v) is 3.58. The zero-order valence-electron chi connectivity index (χ0n) is 8.55. The molecule has 0 fully saturated rings. The number of carbonyl (C=O) groups excluding carboxylic acids is 1. The van der Waals surface area contributed by atoms with Crippen molar-refractivity contribution in [3.8, 4) is 0 Å². The monoisotopic (exact) mass is 214 g/mol. The van der Waals surface area contributed by atoms with E-state index >= 15 is 0 Å². The minimum absolute atomic E-state index is 0.141. The van der Waals surface area contributed by atoms with E-state index in [-0.39, 0.29) is 6.42 Å². The molecule has 4 heteroatoms. The fraction of sp³-hybridized carbons (Fsp3) is 0.364. The van der Waals surface area contributed by atoms with Crippen LogP contribution < -0.4 is 0 Å². The first kappa shape index (κ1) is 11.8. The average Bonchev–Trinajstić information content (AvgIpc) is 2.20. The van der Waals surface area contributed by atoms with Crippen molar-refractivity contribution in [2.24, 2.45) is 0 Å². The number of Topliss-reactive ketones (excluding diaryl/α,β-unsaturated/α-hetero) is 1. The van der Waals surface area contributed by atoms with Crippen molar-refractivity contribution in [3.63, 3.8) is 0 Å². The van der Waals surface area contributed by atoms with Crippen LogP contribution in [0.25, 0.3) is 0 Å². The third-order valence-corrected chi connectivity index (χ3v) is 2.35. The van der Waals surface area contributed by atoms with Gasteiger partial charge in [-0.15, -0.1) is 0 Å². The van der Waals surface area contributed by atoms with Gasteiger partial charge in [0.2, 0.25) is 0 Å². The molecule has 0 saturated heterocycles. The van der Waals surface area contributed by atoms with Gasteiger partial charge in [0.05, 0.1) is 5.56 Å². The Bertz CT molecular complexity index is 386. The van der Waals surface area contributed by atoms with Crippen molar-refractivity contribution in [2.45, 2.75) is 25.9 Å². The largest absolute Gasteiger partial charge is 0.382 e. The topological polar surface area (TPSA) is 37.3 Å². The Hall–Kier alpha value is -1.29. The van der Waals surface area contributed by atoms with Crippen LogP contribution in [-0.4, -0.2) is 16.5 Å². The molecule has 0 aliphatic carbocycles. The van der Waals surface area contributed by atoms with Crippen LogP contribution >= 0.6 is 0 Å². The molecule has 0 bridgehead atoms. The van der Waals surface area contributed by atoms with Gasteiger partial charge in [-0.25, -0.2) is 8.78 Å². The third-order valence-electron chi connectivity index (χ3n) is 2.35. The Labute approximate surface area is 86.5 Å². The van der Waals surface area contributed by atoms with E-state index in [4.69, 9.17) is 0 Å². The lowest BCUT2D eigenvalue weighted by Crippen LogP contribution is -2.34. The van der Waals surface area contributed by atoms with Crippen LogP contribution in [0.2, 0.25) is 0 Å². The highest BCUT2D eigenvalue weighted by atomic mass is 19.1. The molecular weight excluding hydrogens is 202 g/mol. The van der Waals surface area contributed by atoms with Gasteiger partial charge in [-0.1, -0.05) is 6.92 Å². The summed E-state index contributed by atoms with van der Waals surface area (Å²) in [5.41, 5.74) is -2.07. The van der Waals surface area contributed by atoms with Gasteiger partial charge in [-0.2, -0.15) is 0 Å². The fourth-order valence-corrected chi connectivity index (χ4v) is 1.12. The standard InChI is InChI=1S/C11H12F2O2/c1-3-11(2,15)10(14)8-6-7(12)4-5-9(8)13/h4-6,15H,3H2,1-2H3. The number of carbonyl (C=O) groups is 1. The van der Waals surface area contributed by atoms with Crippen molar-refractivity contribution in [1.82, 2.24) is 0 Å². The molecule has 0 spiro atoms. The normalized spacial score (nSPS) is 14.7. The maximum atomic E-state index is 13.2. The molecule has 0 aromatic heterocycles. The Morgan fingerprint density at radius 2 is 2.07 bits per heavy atom. The minimum atomic E-state index is -1.66. The van der Waals surface area contributed by atoms with Gasteiger partial charge in [-0.05, 0) is 31.5 Å². The maximum Gasteiger partial charge on any atom is 0.197 e. The minimum Gasteiger partial charge on any atom is -0.382 e. The van der Waals surface area contributed by atoms with E-state index in [2.05, 4.69) is 0 Å². The Balaban J connectivity index is 3.17. The Morgan fingerprint density at radius 1 is 1.47 bits per heavy atom. The van der Waals surface area contributed by atoms with E-state index in [0.29, 0.717) is 0 Å². The molecule has 0 heterocycles. The molecule has 2 nitrogen and oxygen atoms in total. The van der Waals surface area contributed by atoms with Gasteiger partial charge >= 0.3 is 0 Å². The number of hydrogen-bond acceptors (Lipinski definition) is 2. The van der Waals surface area contributed by atoms with E-state index in [1.807, 2.05) is 0 Å². The van der Waals surface area contributed by atoms with E-state index in [1.54, 1.807) is 6.92 Å². The molecule has 1 aromatic carbocycles. The van der Waals surface area contributed by atoms with Crippen molar-refractivity contribution in [3.05, 3.63) is 35.4 Å². The van der Waals surface area contributed by atoms with Gasteiger partial charge < -0.3 is 5.11 Å². The second-order valence-electron chi connectivity index (χ2n) is 3.58. The zero-order valence-corrected chi connectivity index (χ0v) is 8.55. The molecular formula is C11H12F2O2. The van der Waals surface area contributed by atoms with Gasteiger partial charge in [0, 0.05) is 0 Å². The van der Waals surface area contributed by atoms with Crippen LogP contribution in [0.5, 0.6) is 0 Å². The molecule has 0 saturated carbocycles. The molecule has 0 radical (unpaired) electrons. The van der Waals surface area contributed by atoms with Gasteiger partial charge in [-0.3, -0.25) is 4.79 Å². The Kier molecular flexibility index (Phi) is 3.19. The molecule has 1 rings (SSSR count). The lowest BCUT2D eigenvalue weighted by atomic mass is 9.92. The number of aliphatic hydroxyl groups is 1. The number of halogens is 2. The van der Waals surface area contributed by atoms with E-state index in [0.717, 1.165) is 18.2 Å². The Morgan fingerprint density at radius 3 is 2.60 bits per heavy atom. The predicted molar refractivity (Wildman–Crippen MR) is 51.6 cm³/mol. The summed E-state index contributed by atoms with van der Waals surface area (Å²) in [4.78, 5) is 11.6. The number of hydrogen-bond donors (Lipinski definition) is 1. The summed E-state index contributed by atoms with van der Waals surface area (Å²) in [5, 5.41) is 9.62. The summed E-state index contributed by atoms with van der Waals surface area (Å²) in [6.45, 7) is 2.87. The van der Waals surface area contributed by atoms with E-state index in [9.17, 15) is 18.7 Å². The quantitative estimate of drug-likeness (QED) is 0.784. The molecule has 82 valence electrons. The van der Waals surface area contributed by atoms with Crippen molar-refractivity contribution >= 4 is 5.78 Å². The van der Waals surface area contributed by atoms with E-state index in [1.165, 1.54) is 6.92 Å². The summed E-state index contributed by atoms with van der Waals surface area (Å²) in [6.07, 6.45) is 0.141. The second kappa shape index (κ2) is 4.06. The summed E-state index contributed by atoms with van der Waals surface area (Å²) >= 11 is 0. The van der Waals surface area contributed by atoms with Crippen LogP contribution in [0, 0.1) is 11.6 Å². The van der Waals surface area contributed by atoms with Crippen LogP contribution in [-0.2, 0) is 0 Å². The van der Waals surface area contributed by atoms with Crippen LogP contribution in [0.4, 0.5) is 8.78 Å². The number of benzene rings is 1. The average molecular weight is 214 g/mol. The SMILES string of the molecule is CCC(C)(O)C(=O)c1cc(F)ccc1F. The van der Waals surface area contributed by atoms with Gasteiger partial charge in [0.1, 0.15) is 17.2 Å².